The number of nitrogens with one attached hydrogen (secondary N) is 1. The van der Waals surface area contributed by atoms with E-state index in [2.05, 4.69) is 5.32 Å². The number of carbonyl (C=O) groups is 2. The molecule has 1 aliphatic heterocycles. The van der Waals surface area contributed by atoms with Gasteiger partial charge in [0.25, 0.3) is 5.91 Å². The second-order valence-corrected chi connectivity index (χ2v) is 10.8. The summed E-state index contributed by atoms with van der Waals surface area (Å²) < 4.78 is 27.2. The van der Waals surface area contributed by atoms with E-state index in [1.807, 2.05) is 11.0 Å². The maximum Gasteiger partial charge on any atom is 0.251 e. The highest BCUT2D eigenvalue weighted by Crippen LogP contribution is 2.38. The molecular formula is C21H23N5O4S2. The normalized spacial score (nSPS) is 17.0. The number of amides is 2. The molecule has 3 N–H and O–H groups in total. The zero-order valence-electron chi connectivity index (χ0n) is 17.3. The molecule has 2 heterocycles. The number of thiophene rings is 1. The summed E-state index contributed by atoms with van der Waals surface area (Å²) in [7, 11) is -3.78. The van der Waals surface area contributed by atoms with E-state index < -0.39 is 15.9 Å². The van der Waals surface area contributed by atoms with Crippen molar-refractivity contribution in [3.63, 3.8) is 0 Å². The second kappa shape index (κ2) is 8.99. The Labute approximate surface area is 190 Å². The van der Waals surface area contributed by atoms with Crippen LogP contribution in [0.3, 0.4) is 0 Å². The lowest BCUT2D eigenvalue weighted by Crippen LogP contribution is -2.50. The number of carbonyl (C=O) groups excluding carboxylic acids is 2. The van der Waals surface area contributed by atoms with Crippen LogP contribution in [0.2, 0.25) is 0 Å². The van der Waals surface area contributed by atoms with Gasteiger partial charge in [-0.1, -0.05) is 12.1 Å². The van der Waals surface area contributed by atoms with Crippen LogP contribution in [0.1, 0.15) is 32.8 Å². The molecule has 1 saturated heterocycles. The van der Waals surface area contributed by atoms with E-state index in [0.717, 1.165) is 29.7 Å². The fourth-order valence-corrected chi connectivity index (χ4v) is 7.05. The van der Waals surface area contributed by atoms with Crippen molar-refractivity contribution in [2.75, 3.05) is 38.0 Å². The van der Waals surface area contributed by atoms with Gasteiger partial charge in [0, 0.05) is 31.1 Å². The van der Waals surface area contributed by atoms with Crippen LogP contribution < -0.4 is 11.1 Å². The molecule has 0 spiro atoms. The number of fused-ring (bicyclic) bond motifs is 1. The number of aryl methyl sites for hydroxylation is 1. The maximum absolute atomic E-state index is 12.9. The first-order chi connectivity index (χ1) is 15.3. The van der Waals surface area contributed by atoms with Crippen molar-refractivity contribution in [2.45, 2.75) is 24.2 Å². The van der Waals surface area contributed by atoms with Crippen LogP contribution in [0, 0.1) is 11.3 Å². The second-order valence-electron chi connectivity index (χ2n) is 7.76. The summed E-state index contributed by atoms with van der Waals surface area (Å²) in [6.45, 7) is 1.28. The molecule has 1 aromatic heterocycles. The predicted octanol–water partition coefficient (Wildman–Crippen LogP) is 1.15. The Kier molecular flexibility index (Phi) is 6.30. The Morgan fingerprint density at radius 3 is 2.56 bits per heavy atom. The van der Waals surface area contributed by atoms with Crippen molar-refractivity contribution in [3.05, 3.63) is 45.8 Å². The lowest BCUT2D eigenvalue weighted by molar-refractivity contribution is -0.117. The minimum atomic E-state index is -3.78. The van der Waals surface area contributed by atoms with E-state index in [1.54, 1.807) is 12.1 Å². The van der Waals surface area contributed by atoms with Gasteiger partial charge < -0.3 is 11.1 Å². The van der Waals surface area contributed by atoms with Gasteiger partial charge in [-0.2, -0.15) is 9.57 Å². The summed E-state index contributed by atoms with van der Waals surface area (Å²) in [5.41, 5.74) is 7.03. The minimum Gasteiger partial charge on any atom is -0.365 e. The van der Waals surface area contributed by atoms with Crippen molar-refractivity contribution < 1.29 is 18.0 Å². The Hall–Kier alpha value is -2.78. The average Bonchev–Trinajstić information content (AvgIpc) is 3.34. The number of nitriles is 1. The highest BCUT2D eigenvalue weighted by molar-refractivity contribution is 7.89. The molecule has 2 aromatic rings. The molecule has 4 rings (SSSR count). The maximum atomic E-state index is 12.9. The number of primary amides is 1. The Morgan fingerprint density at radius 2 is 1.88 bits per heavy atom. The first-order valence-corrected chi connectivity index (χ1v) is 12.5. The molecule has 1 fully saturated rings. The number of hydrogen-bond acceptors (Lipinski definition) is 7. The van der Waals surface area contributed by atoms with Gasteiger partial charge >= 0.3 is 0 Å². The van der Waals surface area contributed by atoms with Crippen LogP contribution in [0.25, 0.3) is 0 Å². The number of nitrogens with two attached hydrogens (primary N) is 1. The SMILES string of the molecule is N#Cc1ccccc1S(=O)(=O)N1CCN(CC(=O)Nc2sc3c(c2C(N)=O)CCC3)CC1. The zero-order valence-corrected chi connectivity index (χ0v) is 19.0. The van der Waals surface area contributed by atoms with Gasteiger partial charge in [0.2, 0.25) is 15.9 Å². The Balaban J connectivity index is 1.37. The lowest BCUT2D eigenvalue weighted by Gasteiger charge is -2.33. The topological polar surface area (TPSA) is 137 Å². The molecule has 0 bridgehead atoms. The fraction of sp³-hybridized carbons (Fsp3) is 0.381. The van der Waals surface area contributed by atoms with Gasteiger partial charge in [-0.25, -0.2) is 8.42 Å². The van der Waals surface area contributed by atoms with Crippen LogP contribution >= 0.6 is 11.3 Å². The monoisotopic (exact) mass is 473 g/mol. The van der Waals surface area contributed by atoms with Crippen molar-refractivity contribution in [3.8, 4) is 6.07 Å². The number of piperazine rings is 1. The lowest BCUT2D eigenvalue weighted by atomic mass is 10.1. The quantitative estimate of drug-likeness (QED) is 0.646. The summed E-state index contributed by atoms with van der Waals surface area (Å²) in [5.74, 6) is -0.797. The van der Waals surface area contributed by atoms with Gasteiger partial charge in [0.15, 0.2) is 0 Å². The third-order valence-electron chi connectivity index (χ3n) is 5.74. The summed E-state index contributed by atoms with van der Waals surface area (Å²) in [6, 6.07) is 8.05. The summed E-state index contributed by atoms with van der Waals surface area (Å²) in [5, 5.41) is 12.5. The number of sulfonamides is 1. The molecule has 1 aliphatic carbocycles. The van der Waals surface area contributed by atoms with Crippen molar-refractivity contribution in [1.82, 2.24) is 9.21 Å². The molecule has 0 atom stereocenters. The third kappa shape index (κ3) is 4.27. The van der Waals surface area contributed by atoms with E-state index in [-0.39, 0.29) is 36.0 Å². The molecule has 9 nitrogen and oxygen atoms in total. The van der Waals surface area contributed by atoms with Crippen LogP contribution in [0.15, 0.2) is 29.2 Å². The van der Waals surface area contributed by atoms with Crippen LogP contribution in [0.4, 0.5) is 5.00 Å². The molecule has 0 saturated carbocycles. The first-order valence-electron chi connectivity index (χ1n) is 10.3. The van der Waals surface area contributed by atoms with Crippen LogP contribution in [0.5, 0.6) is 0 Å². The number of rotatable bonds is 6. The number of benzene rings is 1. The first kappa shape index (κ1) is 22.4. The predicted molar refractivity (Wildman–Crippen MR) is 120 cm³/mol. The number of nitrogens with zero attached hydrogens (tertiary/aromatic N) is 3. The minimum absolute atomic E-state index is 0.00146. The molecule has 2 aliphatic rings. The van der Waals surface area contributed by atoms with Gasteiger partial charge in [-0.05, 0) is 37.0 Å². The van der Waals surface area contributed by atoms with E-state index in [0.29, 0.717) is 23.7 Å². The molecule has 0 radical (unpaired) electrons. The van der Waals surface area contributed by atoms with Gasteiger partial charge in [-0.3, -0.25) is 14.5 Å². The van der Waals surface area contributed by atoms with Gasteiger partial charge in [-0.15, -0.1) is 11.3 Å². The smallest absolute Gasteiger partial charge is 0.251 e. The largest absolute Gasteiger partial charge is 0.365 e. The summed E-state index contributed by atoms with van der Waals surface area (Å²) >= 11 is 1.41. The van der Waals surface area contributed by atoms with E-state index in [9.17, 15) is 23.3 Å². The highest BCUT2D eigenvalue weighted by Gasteiger charge is 2.31. The number of anilines is 1. The average molecular weight is 474 g/mol. The van der Waals surface area contributed by atoms with Gasteiger partial charge in [0.05, 0.1) is 22.6 Å². The summed E-state index contributed by atoms with van der Waals surface area (Å²) in [6.07, 6.45) is 2.68. The standard InChI is InChI=1S/C21H23N5O4S2/c22-12-14-4-1-2-7-17(14)32(29,30)26-10-8-25(9-11-26)13-18(27)24-21-19(20(23)28)15-5-3-6-16(15)31-21/h1-2,4,7H,3,5-6,8-11,13H2,(H2,23,28)(H,24,27). The zero-order chi connectivity index (χ0) is 22.9. The van der Waals surface area contributed by atoms with Crippen molar-refractivity contribution in [1.29, 1.82) is 5.26 Å². The Morgan fingerprint density at radius 1 is 1.16 bits per heavy atom. The summed E-state index contributed by atoms with van der Waals surface area (Å²) in [4.78, 5) is 27.5. The molecular weight excluding hydrogens is 450 g/mol. The van der Waals surface area contributed by atoms with Gasteiger partial charge in [0.1, 0.15) is 11.1 Å². The van der Waals surface area contributed by atoms with Crippen LogP contribution in [-0.2, 0) is 27.7 Å². The highest BCUT2D eigenvalue weighted by atomic mass is 32.2. The molecule has 1 aromatic carbocycles. The molecule has 32 heavy (non-hydrogen) atoms. The molecule has 0 unspecified atom stereocenters. The fourth-order valence-electron chi connectivity index (χ4n) is 4.17. The van der Waals surface area contributed by atoms with Crippen molar-refractivity contribution in [2.24, 2.45) is 5.73 Å². The van der Waals surface area contributed by atoms with E-state index in [4.69, 9.17) is 5.73 Å². The molecule has 11 heteroatoms. The van der Waals surface area contributed by atoms with E-state index >= 15 is 0 Å². The molecule has 168 valence electrons. The van der Waals surface area contributed by atoms with Crippen LogP contribution in [-0.4, -0.2) is 62.2 Å². The van der Waals surface area contributed by atoms with E-state index in [1.165, 1.54) is 27.8 Å². The molecule has 2 amide bonds. The van der Waals surface area contributed by atoms with Crippen molar-refractivity contribution >= 4 is 38.2 Å². The number of hydrogen-bond donors (Lipinski definition) is 2. The Bertz CT molecular complexity index is 1210. The third-order valence-corrected chi connectivity index (χ3v) is 8.91.